The number of aryl methyl sites for hydroxylation is 2. The summed E-state index contributed by atoms with van der Waals surface area (Å²) < 4.78 is 5.54. The number of hydrogen-bond donors (Lipinski definition) is 2. The Kier molecular flexibility index (Phi) is 8.30. The molecule has 152 valence electrons. The Labute approximate surface area is 173 Å². The zero-order chi connectivity index (χ0) is 19.2. The summed E-state index contributed by atoms with van der Waals surface area (Å²) in [6, 6.07) is 14.3. The lowest BCUT2D eigenvalue weighted by Crippen LogP contribution is -2.48. The van der Waals surface area contributed by atoms with Crippen LogP contribution in [0.1, 0.15) is 29.7 Å². The second-order valence-electron chi connectivity index (χ2n) is 6.94. The number of carbonyl (C=O) groups is 1. The Hall–Kier alpha value is -2.08. The quantitative estimate of drug-likeness (QED) is 0.774. The molecule has 2 N–H and O–H groups in total. The standard InChI is InChI=1S/C22H29N3O2.ClH/c1-4-17-9-7-8-16(2)22(17)24-21(26)15-25-13-12-23-14-19(25)18-10-5-6-11-20(18)27-3;/h5-11,19,23H,4,12-15H2,1-3H3,(H,24,26);1H. The third kappa shape index (κ3) is 5.04. The van der Waals surface area contributed by atoms with Gasteiger partial charge in [-0.05, 0) is 30.5 Å². The van der Waals surface area contributed by atoms with E-state index in [2.05, 4.69) is 34.6 Å². The van der Waals surface area contributed by atoms with Crippen molar-refractivity contribution >= 4 is 24.0 Å². The average molecular weight is 404 g/mol. The molecule has 1 saturated heterocycles. The number of nitrogens with one attached hydrogen (secondary N) is 2. The molecule has 1 aliphatic rings. The van der Waals surface area contributed by atoms with E-state index in [0.29, 0.717) is 6.54 Å². The summed E-state index contributed by atoms with van der Waals surface area (Å²) in [4.78, 5) is 15.1. The lowest BCUT2D eigenvalue weighted by molar-refractivity contribution is -0.118. The van der Waals surface area contributed by atoms with E-state index in [4.69, 9.17) is 4.74 Å². The molecular weight excluding hydrogens is 374 g/mol. The molecule has 2 aromatic carbocycles. The van der Waals surface area contributed by atoms with E-state index in [0.717, 1.165) is 48.6 Å². The van der Waals surface area contributed by atoms with E-state index in [1.807, 2.05) is 37.3 Å². The van der Waals surface area contributed by atoms with Crippen LogP contribution in [0.3, 0.4) is 0 Å². The van der Waals surface area contributed by atoms with Crippen LogP contribution in [0.4, 0.5) is 5.69 Å². The minimum Gasteiger partial charge on any atom is -0.496 e. The van der Waals surface area contributed by atoms with E-state index in [9.17, 15) is 4.79 Å². The molecule has 6 heteroatoms. The van der Waals surface area contributed by atoms with Gasteiger partial charge in [0.1, 0.15) is 5.75 Å². The first kappa shape index (κ1) is 22.2. The van der Waals surface area contributed by atoms with Gasteiger partial charge in [-0.1, -0.05) is 43.3 Å². The maximum atomic E-state index is 12.8. The molecule has 1 aliphatic heterocycles. The number of anilines is 1. The van der Waals surface area contributed by atoms with Crippen molar-refractivity contribution in [2.45, 2.75) is 26.3 Å². The summed E-state index contributed by atoms with van der Waals surface area (Å²) >= 11 is 0. The molecule has 0 spiro atoms. The van der Waals surface area contributed by atoms with Crippen molar-refractivity contribution in [3.63, 3.8) is 0 Å². The minimum atomic E-state index is 0. The number of halogens is 1. The monoisotopic (exact) mass is 403 g/mol. The molecule has 0 bridgehead atoms. The first-order valence-corrected chi connectivity index (χ1v) is 9.60. The number of piperazine rings is 1. The zero-order valence-corrected chi connectivity index (χ0v) is 17.6. The zero-order valence-electron chi connectivity index (χ0n) is 16.8. The molecular formula is C22H30ClN3O2. The fourth-order valence-corrected chi connectivity index (χ4v) is 3.75. The van der Waals surface area contributed by atoms with E-state index in [-0.39, 0.29) is 24.4 Å². The molecule has 2 aromatic rings. The van der Waals surface area contributed by atoms with Crippen molar-refractivity contribution in [2.24, 2.45) is 0 Å². The summed E-state index contributed by atoms with van der Waals surface area (Å²) in [6.07, 6.45) is 0.898. The second-order valence-corrected chi connectivity index (χ2v) is 6.94. The number of methoxy groups -OCH3 is 1. The molecule has 5 nitrogen and oxygen atoms in total. The highest BCUT2D eigenvalue weighted by atomic mass is 35.5. The van der Waals surface area contributed by atoms with Crippen molar-refractivity contribution in [3.8, 4) is 5.75 Å². The third-order valence-electron chi connectivity index (χ3n) is 5.20. The van der Waals surface area contributed by atoms with Crippen LogP contribution in [0.2, 0.25) is 0 Å². The van der Waals surface area contributed by atoms with Gasteiger partial charge in [-0.15, -0.1) is 12.4 Å². The molecule has 1 fully saturated rings. The third-order valence-corrected chi connectivity index (χ3v) is 5.20. The van der Waals surface area contributed by atoms with Gasteiger partial charge in [-0.25, -0.2) is 0 Å². The number of amides is 1. The molecule has 3 rings (SSSR count). The van der Waals surface area contributed by atoms with Gasteiger partial charge >= 0.3 is 0 Å². The van der Waals surface area contributed by atoms with E-state index < -0.39 is 0 Å². The highest BCUT2D eigenvalue weighted by molar-refractivity contribution is 5.93. The molecule has 1 heterocycles. The van der Waals surface area contributed by atoms with Gasteiger partial charge in [-0.3, -0.25) is 9.69 Å². The van der Waals surface area contributed by atoms with E-state index >= 15 is 0 Å². The lowest BCUT2D eigenvalue weighted by Gasteiger charge is -2.36. The van der Waals surface area contributed by atoms with E-state index in [1.165, 1.54) is 5.56 Å². The summed E-state index contributed by atoms with van der Waals surface area (Å²) in [5.41, 5.74) is 4.34. The van der Waals surface area contributed by atoms with Gasteiger partial charge in [0.15, 0.2) is 0 Å². The molecule has 0 aromatic heterocycles. The largest absolute Gasteiger partial charge is 0.496 e. The van der Waals surface area contributed by atoms with Gasteiger partial charge in [0, 0.05) is 30.9 Å². The van der Waals surface area contributed by atoms with Crippen molar-refractivity contribution in [3.05, 3.63) is 59.2 Å². The summed E-state index contributed by atoms with van der Waals surface area (Å²) in [5, 5.41) is 6.58. The molecule has 0 saturated carbocycles. The SMILES string of the molecule is CCc1cccc(C)c1NC(=O)CN1CCNCC1c1ccccc1OC.Cl. The molecule has 1 atom stereocenters. The van der Waals surface area contributed by atoms with Crippen molar-refractivity contribution in [2.75, 3.05) is 38.6 Å². The van der Waals surface area contributed by atoms with Gasteiger partial charge < -0.3 is 15.4 Å². The number of rotatable bonds is 6. The van der Waals surface area contributed by atoms with Crippen LogP contribution < -0.4 is 15.4 Å². The predicted molar refractivity (Wildman–Crippen MR) is 117 cm³/mol. The number of benzene rings is 2. The fraction of sp³-hybridized carbons (Fsp3) is 0.409. The Morgan fingerprint density at radius 2 is 2.04 bits per heavy atom. The number of hydrogen-bond acceptors (Lipinski definition) is 4. The molecule has 0 aliphatic carbocycles. The Morgan fingerprint density at radius 3 is 2.79 bits per heavy atom. The number of para-hydroxylation sites is 2. The van der Waals surface area contributed by atoms with Crippen LogP contribution in [0, 0.1) is 6.92 Å². The smallest absolute Gasteiger partial charge is 0.238 e. The number of nitrogens with zero attached hydrogens (tertiary/aromatic N) is 1. The van der Waals surface area contributed by atoms with Crippen LogP contribution in [-0.2, 0) is 11.2 Å². The maximum absolute atomic E-state index is 12.8. The minimum absolute atomic E-state index is 0. The summed E-state index contributed by atoms with van der Waals surface area (Å²) in [5.74, 6) is 0.893. The fourth-order valence-electron chi connectivity index (χ4n) is 3.75. The van der Waals surface area contributed by atoms with Crippen LogP contribution in [-0.4, -0.2) is 44.1 Å². The number of carbonyl (C=O) groups excluding carboxylic acids is 1. The van der Waals surface area contributed by atoms with Crippen LogP contribution in [0.25, 0.3) is 0 Å². The molecule has 1 amide bonds. The van der Waals surface area contributed by atoms with E-state index in [1.54, 1.807) is 7.11 Å². The lowest BCUT2D eigenvalue weighted by atomic mass is 10.0. The van der Waals surface area contributed by atoms with Crippen molar-refractivity contribution < 1.29 is 9.53 Å². The topological polar surface area (TPSA) is 53.6 Å². The highest BCUT2D eigenvalue weighted by Crippen LogP contribution is 2.30. The first-order valence-electron chi connectivity index (χ1n) is 9.60. The molecule has 28 heavy (non-hydrogen) atoms. The summed E-state index contributed by atoms with van der Waals surface area (Å²) in [7, 11) is 1.69. The van der Waals surface area contributed by atoms with Gasteiger partial charge in [-0.2, -0.15) is 0 Å². The van der Waals surface area contributed by atoms with Crippen LogP contribution in [0.5, 0.6) is 5.75 Å². The average Bonchev–Trinajstić information content (AvgIpc) is 2.70. The van der Waals surface area contributed by atoms with Crippen molar-refractivity contribution in [1.82, 2.24) is 10.2 Å². The maximum Gasteiger partial charge on any atom is 0.238 e. The number of ether oxygens (including phenoxy) is 1. The Balaban J connectivity index is 0.00000280. The second kappa shape index (κ2) is 10.5. The van der Waals surface area contributed by atoms with Gasteiger partial charge in [0.25, 0.3) is 0 Å². The first-order chi connectivity index (χ1) is 13.1. The van der Waals surface area contributed by atoms with Crippen LogP contribution in [0.15, 0.2) is 42.5 Å². The normalized spacial score (nSPS) is 16.9. The molecule has 1 unspecified atom stereocenters. The summed E-state index contributed by atoms with van der Waals surface area (Å²) in [6.45, 7) is 7.02. The highest BCUT2D eigenvalue weighted by Gasteiger charge is 2.27. The van der Waals surface area contributed by atoms with Gasteiger partial charge in [0.2, 0.25) is 5.91 Å². The predicted octanol–water partition coefficient (Wildman–Crippen LogP) is 3.57. The van der Waals surface area contributed by atoms with Gasteiger partial charge in [0.05, 0.1) is 19.7 Å². The van der Waals surface area contributed by atoms with Crippen LogP contribution >= 0.6 is 12.4 Å². The molecule has 0 radical (unpaired) electrons. The Morgan fingerprint density at radius 1 is 1.25 bits per heavy atom. The van der Waals surface area contributed by atoms with Crippen molar-refractivity contribution in [1.29, 1.82) is 0 Å². The Bertz CT molecular complexity index is 797.